The molecule has 0 saturated carbocycles. The van der Waals surface area contributed by atoms with E-state index in [4.69, 9.17) is 0 Å². The van der Waals surface area contributed by atoms with Crippen LogP contribution in [0.4, 0.5) is 5.69 Å². The summed E-state index contributed by atoms with van der Waals surface area (Å²) in [6.07, 6.45) is 7.17. The number of benzene rings is 2. The molecule has 3 aromatic heterocycles. The van der Waals surface area contributed by atoms with Gasteiger partial charge in [0.05, 0.1) is 22.3 Å². The smallest absolute Gasteiger partial charge is 0.261 e. The second-order valence-corrected chi connectivity index (χ2v) is 8.75. The summed E-state index contributed by atoms with van der Waals surface area (Å²) in [6, 6.07) is 17.4. The highest BCUT2D eigenvalue weighted by molar-refractivity contribution is 7.92. The van der Waals surface area contributed by atoms with Crippen molar-refractivity contribution in [2.24, 2.45) is 7.05 Å². The van der Waals surface area contributed by atoms with Crippen LogP contribution in [0.2, 0.25) is 0 Å². The van der Waals surface area contributed by atoms with E-state index in [0.29, 0.717) is 5.69 Å². The van der Waals surface area contributed by atoms with Crippen molar-refractivity contribution in [1.29, 1.82) is 0 Å². The lowest BCUT2D eigenvalue weighted by molar-refractivity contribution is 0.601. The maximum absolute atomic E-state index is 12.5. The number of fused-ring (bicyclic) bond motifs is 1. The van der Waals surface area contributed by atoms with Crippen LogP contribution in [0.25, 0.3) is 27.9 Å². The summed E-state index contributed by atoms with van der Waals surface area (Å²) in [5.41, 5.74) is 4.91. The highest BCUT2D eigenvalue weighted by Gasteiger charge is 2.14. The lowest BCUT2D eigenvalue weighted by atomic mass is 10.1. The predicted octanol–water partition coefficient (Wildman–Crippen LogP) is 3.60. The fourth-order valence-corrected chi connectivity index (χ4v) is 4.47. The third-order valence-corrected chi connectivity index (χ3v) is 6.31. The zero-order valence-electron chi connectivity index (χ0n) is 16.5. The molecule has 9 heteroatoms. The summed E-state index contributed by atoms with van der Waals surface area (Å²) in [5, 5.41) is 8.53. The third-order valence-electron chi connectivity index (χ3n) is 4.91. The lowest BCUT2D eigenvalue weighted by Crippen LogP contribution is -2.12. The molecule has 5 aromatic rings. The van der Waals surface area contributed by atoms with Crippen molar-refractivity contribution in [3.05, 3.63) is 85.6 Å². The molecule has 0 aliphatic heterocycles. The van der Waals surface area contributed by atoms with E-state index in [1.54, 1.807) is 57.9 Å². The summed E-state index contributed by atoms with van der Waals surface area (Å²) >= 11 is 0. The molecule has 0 radical (unpaired) electrons. The number of sulfonamides is 1. The fourth-order valence-electron chi connectivity index (χ4n) is 3.39. The highest BCUT2D eigenvalue weighted by Crippen LogP contribution is 2.28. The van der Waals surface area contributed by atoms with Crippen molar-refractivity contribution >= 4 is 21.2 Å². The average Bonchev–Trinajstić information content (AvgIpc) is 3.41. The van der Waals surface area contributed by atoms with Gasteiger partial charge in [-0.3, -0.25) is 9.40 Å². The lowest BCUT2D eigenvalue weighted by Gasteiger charge is -2.09. The number of nitrogens with one attached hydrogen (secondary N) is 1. The third kappa shape index (κ3) is 3.66. The van der Waals surface area contributed by atoms with Crippen molar-refractivity contribution in [3.8, 4) is 22.4 Å². The minimum atomic E-state index is -3.64. The maximum atomic E-state index is 12.5. The zero-order valence-corrected chi connectivity index (χ0v) is 17.4. The Morgan fingerprint density at radius 1 is 0.871 bits per heavy atom. The van der Waals surface area contributed by atoms with E-state index in [0.717, 1.165) is 27.9 Å². The maximum Gasteiger partial charge on any atom is 0.261 e. The predicted molar refractivity (Wildman–Crippen MR) is 118 cm³/mol. The molecule has 2 aromatic carbocycles. The number of nitrogens with zero attached hydrogens (tertiary/aromatic N) is 5. The number of hydrogen-bond acceptors (Lipinski definition) is 5. The van der Waals surface area contributed by atoms with Gasteiger partial charge in [-0.15, -0.1) is 0 Å². The fraction of sp³-hybridized carbons (Fsp3) is 0.0455. The molecule has 3 heterocycles. The van der Waals surface area contributed by atoms with Gasteiger partial charge in [0.1, 0.15) is 6.33 Å². The van der Waals surface area contributed by atoms with E-state index in [-0.39, 0.29) is 4.90 Å². The molecular formula is C22H18N6O2S. The Balaban J connectivity index is 1.46. The molecule has 0 aliphatic rings. The van der Waals surface area contributed by atoms with E-state index in [9.17, 15) is 8.42 Å². The number of anilines is 1. The van der Waals surface area contributed by atoms with Crippen molar-refractivity contribution in [2.75, 3.05) is 4.72 Å². The van der Waals surface area contributed by atoms with Crippen molar-refractivity contribution in [3.63, 3.8) is 0 Å². The first-order chi connectivity index (χ1) is 15.0. The van der Waals surface area contributed by atoms with Crippen LogP contribution >= 0.6 is 0 Å². The molecule has 0 fully saturated rings. The highest BCUT2D eigenvalue weighted by atomic mass is 32.2. The van der Waals surface area contributed by atoms with Crippen LogP contribution in [0.5, 0.6) is 0 Å². The molecule has 31 heavy (non-hydrogen) atoms. The molecule has 1 N–H and O–H groups in total. The van der Waals surface area contributed by atoms with Crippen LogP contribution < -0.4 is 4.72 Å². The number of aromatic nitrogens is 5. The molecule has 0 spiro atoms. The normalized spacial score (nSPS) is 11.6. The SMILES string of the molecule is Cn1cc(-c2cc3c(-c4ccc(NS(=O)(=O)c5ccccc5)cc4)ncnn3c2)cn1. The van der Waals surface area contributed by atoms with Crippen molar-refractivity contribution in [1.82, 2.24) is 24.4 Å². The van der Waals surface area contributed by atoms with E-state index in [1.165, 1.54) is 6.33 Å². The summed E-state index contributed by atoms with van der Waals surface area (Å²) in [7, 11) is -1.77. The Morgan fingerprint density at radius 3 is 2.35 bits per heavy atom. The molecule has 0 unspecified atom stereocenters. The number of rotatable bonds is 5. The Labute approximate surface area is 178 Å². The first-order valence-corrected chi connectivity index (χ1v) is 11.0. The number of hydrogen-bond donors (Lipinski definition) is 1. The molecule has 0 aliphatic carbocycles. The Hall–Kier alpha value is -3.98. The van der Waals surface area contributed by atoms with Gasteiger partial charge in [-0.2, -0.15) is 10.2 Å². The van der Waals surface area contributed by atoms with Gasteiger partial charge in [0.15, 0.2) is 0 Å². The molecule has 0 saturated heterocycles. The largest absolute Gasteiger partial charge is 0.280 e. The summed E-state index contributed by atoms with van der Waals surface area (Å²) in [4.78, 5) is 4.67. The van der Waals surface area contributed by atoms with Gasteiger partial charge in [0, 0.05) is 41.8 Å². The van der Waals surface area contributed by atoms with Crippen LogP contribution in [0.1, 0.15) is 0 Å². The van der Waals surface area contributed by atoms with Gasteiger partial charge in [-0.1, -0.05) is 30.3 Å². The molecular weight excluding hydrogens is 412 g/mol. The minimum Gasteiger partial charge on any atom is -0.280 e. The first kappa shape index (κ1) is 19.0. The van der Waals surface area contributed by atoms with E-state index in [1.807, 2.05) is 37.6 Å². The summed E-state index contributed by atoms with van der Waals surface area (Å²) < 4.78 is 31.2. The van der Waals surface area contributed by atoms with Gasteiger partial charge in [0.25, 0.3) is 10.0 Å². The molecule has 0 amide bonds. The summed E-state index contributed by atoms with van der Waals surface area (Å²) in [6.45, 7) is 0. The standard InChI is InChI=1S/C22H18N6O2S/c1-27-13-18(12-24-27)17-11-21-22(23-15-25-28(21)14-17)16-7-9-19(10-8-16)26-31(29,30)20-5-3-2-4-6-20/h2-15,26H,1H3. The van der Waals surface area contributed by atoms with Crippen molar-refractivity contribution in [2.45, 2.75) is 4.90 Å². The van der Waals surface area contributed by atoms with Crippen LogP contribution in [-0.2, 0) is 17.1 Å². The molecule has 0 atom stereocenters. The monoisotopic (exact) mass is 430 g/mol. The molecule has 8 nitrogen and oxygen atoms in total. The Bertz CT molecular complexity index is 1470. The van der Waals surface area contributed by atoms with Crippen LogP contribution in [0.3, 0.4) is 0 Å². The minimum absolute atomic E-state index is 0.215. The summed E-state index contributed by atoms with van der Waals surface area (Å²) in [5.74, 6) is 0. The van der Waals surface area contributed by atoms with Crippen molar-refractivity contribution < 1.29 is 8.42 Å². The van der Waals surface area contributed by atoms with Crippen LogP contribution in [0, 0.1) is 0 Å². The molecule has 0 bridgehead atoms. The first-order valence-electron chi connectivity index (χ1n) is 9.50. The second kappa shape index (κ2) is 7.37. The second-order valence-electron chi connectivity index (χ2n) is 7.07. The van der Waals surface area contributed by atoms with Gasteiger partial charge >= 0.3 is 0 Å². The van der Waals surface area contributed by atoms with Gasteiger partial charge in [0.2, 0.25) is 0 Å². The topological polar surface area (TPSA) is 94.2 Å². The van der Waals surface area contributed by atoms with E-state index in [2.05, 4.69) is 19.9 Å². The average molecular weight is 430 g/mol. The molecule has 154 valence electrons. The van der Waals surface area contributed by atoms with Crippen LogP contribution in [0.15, 0.2) is 90.5 Å². The Morgan fingerprint density at radius 2 is 1.65 bits per heavy atom. The number of aryl methyl sites for hydroxylation is 1. The van der Waals surface area contributed by atoms with E-state index >= 15 is 0 Å². The quantitative estimate of drug-likeness (QED) is 0.460. The zero-order chi connectivity index (χ0) is 21.4. The van der Waals surface area contributed by atoms with Gasteiger partial charge in [-0.05, 0) is 30.3 Å². The van der Waals surface area contributed by atoms with Gasteiger partial charge in [-0.25, -0.2) is 17.9 Å². The van der Waals surface area contributed by atoms with Gasteiger partial charge < -0.3 is 0 Å². The van der Waals surface area contributed by atoms with E-state index < -0.39 is 10.0 Å². The molecule has 5 rings (SSSR count). The van der Waals surface area contributed by atoms with Crippen LogP contribution in [-0.4, -0.2) is 32.8 Å². The Kier molecular flexibility index (Phi) is 4.52.